The van der Waals surface area contributed by atoms with Crippen LogP contribution in [0.1, 0.15) is 25.3 Å². The molecule has 1 N–H and O–H groups in total. The van der Waals surface area contributed by atoms with Gasteiger partial charge in [0, 0.05) is 31.2 Å². The van der Waals surface area contributed by atoms with Gasteiger partial charge in [-0.15, -0.1) is 0 Å². The standard InChI is InChI=1S/C28H25N3O/c1-28(14-3-17-31(28)23-12-15-29-16-13-23)27(32)30-18-22-9-8-21-7-6-19-4-2-5-20-10-11-24(22)26(21)25(19)20/h2,4-13,15-16H,3,14,17-18H2,1H3,(H,30,32)/t28-/m0/s1. The molecule has 1 aromatic heterocycles. The van der Waals surface area contributed by atoms with Gasteiger partial charge in [0.15, 0.2) is 0 Å². The molecule has 0 unspecified atom stereocenters. The van der Waals surface area contributed by atoms with Crippen molar-refractivity contribution in [2.45, 2.75) is 31.8 Å². The summed E-state index contributed by atoms with van der Waals surface area (Å²) in [4.78, 5) is 19.8. The van der Waals surface area contributed by atoms with E-state index in [0.717, 1.165) is 30.6 Å². The van der Waals surface area contributed by atoms with Crippen LogP contribution in [-0.2, 0) is 11.3 Å². The zero-order valence-corrected chi connectivity index (χ0v) is 18.1. The van der Waals surface area contributed by atoms with Gasteiger partial charge in [0.05, 0.1) is 0 Å². The van der Waals surface area contributed by atoms with Gasteiger partial charge in [-0.05, 0) is 69.8 Å². The molecule has 0 radical (unpaired) electrons. The third-order valence-electron chi connectivity index (χ3n) is 7.16. The molecule has 2 heterocycles. The smallest absolute Gasteiger partial charge is 0.245 e. The molecule has 0 aliphatic carbocycles. The second-order valence-corrected chi connectivity index (χ2v) is 9.00. The fourth-order valence-electron chi connectivity index (χ4n) is 5.45. The lowest BCUT2D eigenvalue weighted by atomic mass is 9.91. The Bertz CT molecular complexity index is 1430. The minimum Gasteiger partial charge on any atom is -0.357 e. The molecule has 0 bridgehead atoms. The number of benzene rings is 4. The summed E-state index contributed by atoms with van der Waals surface area (Å²) in [6.07, 6.45) is 5.43. The molecule has 4 nitrogen and oxygen atoms in total. The Balaban J connectivity index is 1.33. The van der Waals surface area contributed by atoms with Gasteiger partial charge in [0.25, 0.3) is 0 Å². The summed E-state index contributed by atoms with van der Waals surface area (Å²) in [6, 6.07) is 23.5. The van der Waals surface area contributed by atoms with E-state index in [1.807, 2.05) is 12.1 Å². The molecule has 1 fully saturated rings. The van der Waals surface area contributed by atoms with Crippen molar-refractivity contribution >= 4 is 43.9 Å². The molecule has 1 atom stereocenters. The molecule has 6 rings (SSSR count). The highest BCUT2D eigenvalue weighted by atomic mass is 16.2. The van der Waals surface area contributed by atoms with Gasteiger partial charge in [0.1, 0.15) is 5.54 Å². The normalized spacial score (nSPS) is 18.7. The van der Waals surface area contributed by atoms with Crippen molar-refractivity contribution in [2.24, 2.45) is 0 Å². The van der Waals surface area contributed by atoms with Crippen LogP contribution < -0.4 is 10.2 Å². The Morgan fingerprint density at radius 3 is 2.41 bits per heavy atom. The molecule has 1 aliphatic rings. The van der Waals surface area contributed by atoms with E-state index in [0.29, 0.717) is 6.54 Å². The predicted octanol–water partition coefficient (Wildman–Crippen LogP) is 5.65. The first kappa shape index (κ1) is 19.1. The van der Waals surface area contributed by atoms with Crippen LogP contribution >= 0.6 is 0 Å². The third kappa shape index (κ3) is 2.83. The molecule has 4 aromatic carbocycles. The molecule has 1 aliphatic heterocycles. The number of amides is 1. The molecule has 0 saturated carbocycles. The van der Waals surface area contributed by atoms with Crippen LogP contribution in [0.3, 0.4) is 0 Å². The molecule has 4 heteroatoms. The molecule has 158 valence electrons. The van der Waals surface area contributed by atoms with Crippen molar-refractivity contribution < 1.29 is 4.79 Å². The van der Waals surface area contributed by atoms with Gasteiger partial charge in [-0.3, -0.25) is 9.78 Å². The summed E-state index contributed by atoms with van der Waals surface area (Å²) >= 11 is 0. The lowest BCUT2D eigenvalue weighted by Crippen LogP contribution is -2.53. The number of aromatic nitrogens is 1. The number of hydrogen-bond donors (Lipinski definition) is 1. The third-order valence-corrected chi connectivity index (χ3v) is 7.16. The SMILES string of the molecule is C[C@@]1(C(=O)NCc2ccc3ccc4cccc5ccc2c3c45)CCCN1c1ccncc1. The topological polar surface area (TPSA) is 45.2 Å². The largest absolute Gasteiger partial charge is 0.357 e. The highest BCUT2D eigenvalue weighted by molar-refractivity contribution is 6.23. The van der Waals surface area contributed by atoms with Crippen molar-refractivity contribution in [2.75, 3.05) is 11.4 Å². The zero-order valence-electron chi connectivity index (χ0n) is 18.1. The highest BCUT2D eigenvalue weighted by Gasteiger charge is 2.43. The van der Waals surface area contributed by atoms with Gasteiger partial charge in [-0.25, -0.2) is 0 Å². The molecule has 5 aromatic rings. The second-order valence-electron chi connectivity index (χ2n) is 9.00. The summed E-state index contributed by atoms with van der Waals surface area (Å²) in [7, 11) is 0. The highest BCUT2D eigenvalue weighted by Crippen LogP contribution is 2.37. The number of rotatable bonds is 4. The summed E-state index contributed by atoms with van der Waals surface area (Å²) in [6.45, 7) is 3.46. The quantitative estimate of drug-likeness (QED) is 0.383. The lowest BCUT2D eigenvalue weighted by molar-refractivity contribution is -0.125. The van der Waals surface area contributed by atoms with E-state index in [2.05, 4.69) is 76.7 Å². The average Bonchev–Trinajstić information content (AvgIpc) is 3.24. The number of anilines is 1. The van der Waals surface area contributed by atoms with Crippen molar-refractivity contribution in [3.8, 4) is 0 Å². The Kier molecular flexibility index (Phi) is 4.29. The minimum atomic E-state index is -0.550. The number of pyridine rings is 1. The fraction of sp³-hybridized carbons (Fsp3) is 0.214. The summed E-state index contributed by atoms with van der Waals surface area (Å²) < 4.78 is 0. The second kappa shape index (κ2) is 7.20. The maximum atomic E-state index is 13.4. The van der Waals surface area contributed by atoms with Crippen molar-refractivity contribution in [3.63, 3.8) is 0 Å². The van der Waals surface area contributed by atoms with Crippen LogP contribution in [0.25, 0.3) is 32.3 Å². The van der Waals surface area contributed by atoms with E-state index in [-0.39, 0.29) is 5.91 Å². The molecule has 1 amide bonds. The van der Waals surface area contributed by atoms with Gasteiger partial charge in [0.2, 0.25) is 5.91 Å². The van der Waals surface area contributed by atoms with Gasteiger partial charge in [-0.2, -0.15) is 0 Å². The van der Waals surface area contributed by atoms with E-state index in [1.165, 1.54) is 32.3 Å². The fourth-order valence-corrected chi connectivity index (χ4v) is 5.45. The Hall–Kier alpha value is -3.66. The summed E-state index contributed by atoms with van der Waals surface area (Å²) in [5.74, 6) is 0.0810. The monoisotopic (exact) mass is 419 g/mol. The van der Waals surface area contributed by atoms with Crippen molar-refractivity contribution in [1.82, 2.24) is 10.3 Å². The Labute approximate surface area is 187 Å². The van der Waals surface area contributed by atoms with Crippen LogP contribution in [0.15, 0.2) is 79.1 Å². The van der Waals surface area contributed by atoms with Crippen LogP contribution in [-0.4, -0.2) is 23.0 Å². The molecule has 32 heavy (non-hydrogen) atoms. The maximum Gasteiger partial charge on any atom is 0.245 e. The van der Waals surface area contributed by atoms with Crippen LogP contribution in [0.2, 0.25) is 0 Å². The van der Waals surface area contributed by atoms with E-state index in [9.17, 15) is 4.79 Å². The lowest BCUT2D eigenvalue weighted by Gasteiger charge is -2.35. The minimum absolute atomic E-state index is 0.0810. The molecule has 1 saturated heterocycles. The molecular formula is C28H25N3O. The van der Waals surface area contributed by atoms with Crippen LogP contribution in [0, 0.1) is 0 Å². The van der Waals surface area contributed by atoms with Gasteiger partial charge in [-0.1, -0.05) is 54.6 Å². The van der Waals surface area contributed by atoms with E-state index in [1.54, 1.807) is 12.4 Å². The van der Waals surface area contributed by atoms with E-state index < -0.39 is 5.54 Å². The van der Waals surface area contributed by atoms with E-state index in [4.69, 9.17) is 0 Å². The number of carbonyl (C=O) groups is 1. The summed E-state index contributed by atoms with van der Waals surface area (Å²) in [5.41, 5.74) is 1.66. The average molecular weight is 420 g/mol. The van der Waals surface area contributed by atoms with Crippen molar-refractivity contribution in [3.05, 3.63) is 84.7 Å². The Morgan fingerprint density at radius 2 is 1.62 bits per heavy atom. The molecule has 0 spiro atoms. The van der Waals surface area contributed by atoms with E-state index >= 15 is 0 Å². The van der Waals surface area contributed by atoms with Crippen LogP contribution in [0.5, 0.6) is 0 Å². The zero-order chi connectivity index (χ0) is 21.7. The van der Waals surface area contributed by atoms with Gasteiger partial charge < -0.3 is 10.2 Å². The van der Waals surface area contributed by atoms with Crippen LogP contribution in [0.4, 0.5) is 5.69 Å². The number of nitrogens with one attached hydrogen (secondary N) is 1. The first-order chi connectivity index (χ1) is 15.6. The number of hydrogen-bond acceptors (Lipinski definition) is 3. The first-order valence-corrected chi connectivity index (χ1v) is 11.3. The maximum absolute atomic E-state index is 13.4. The summed E-state index contributed by atoms with van der Waals surface area (Å²) in [5, 5.41) is 10.8. The number of carbonyl (C=O) groups excluding carboxylic acids is 1. The van der Waals surface area contributed by atoms with Gasteiger partial charge >= 0.3 is 0 Å². The first-order valence-electron chi connectivity index (χ1n) is 11.3. The number of nitrogens with zero attached hydrogens (tertiary/aromatic N) is 2. The van der Waals surface area contributed by atoms with Crippen molar-refractivity contribution in [1.29, 1.82) is 0 Å². The predicted molar refractivity (Wildman–Crippen MR) is 131 cm³/mol. The Morgan fingerprint density at radius 1 is 0.938 bits per heavy atom. The molecular weight excluding hydrogens is 394 g/mol.